The molecule has 0 atom stereocenters. The van der Waals surface area contributed by atoms with Gasteiger partial charge in [0.1, 0.15) is 17.5 Å². The average Bonchev–Trinajstić information content (AvgIpc) is 1.75. The highest BCUT2D eigenvalue weighted by Crippen LogP contribution is 2.42. The molecule has 9 aliphatic rings. The van der Waals surface area contributed by atoms with Crippen molar-refractivity contribution in [3.63, 3.8) is 0 Å². The molecule has 0 fully saturated rings. The molecule has 94 heavy (non-hydrogen) atoms. The van der Waals surface area contributed by atoms with Crippen molar-refractivity contribution in [3.05, 3.63) is 212 Å². The Balaban J connectivity index is 0.000000102. The van der Waals surface area contributed by atoms with Crippen molar-refractivity contribution in [2.75, 3.05) is 67.5 Å². The maximum atomic E-state index is 6.07. The molecule has 0 amide bonds. The van der Waals surface area contributed by atoms with Crippen LogP contribution in [0.2, 0.25) is 10.0 Å². The van der Waals surface area contributed by atoms with E-state index < -0.39 is 0 Å². The van der Waals surface area contributed by atoms with E-state index in [-0.39, 0.29) is 0 Å². The van der Waals surface area contributed by atoms with Crippen LogP contribution in [0.5, 0.6) is 0 Å². The van der Waals surface area contributed by atoms with Gasteiger partial charge in [-0.3, -0.25) is 29.0 Å². The molecule has 0 spiro atoms. The van der Waals surface area contributed by atoms with Crippen LogP contribution in [0.3, 0.4) is 0 Å². The fourth-order valence-electron chi connectivity index (χ4n) is 13.0. The van der Waals surface area contributed by atoms with Crippen molar-refractivity contribution < 1.29 is 0 Å². The number of fused-ring (bicyclic) bond motifs is 12. The summed E-state index contributed by atoms with van der Waals surface area (Å²) in [6, 6.07) is 41.5. The summed E-state index contributed by atoms with van der Waals surface area (Å²) < 4.78 is 5.56. The second-order valence-electron chi connectivity index (χ2n) is 24.8. The van der Waals surface area contributed by atoms with Gasteiger partial charge >= 0.3 is 0 Å². The molecule has 0 bridgehead atoms. The summed E-state index contributed by atoms with van der Waals surface area (Å²) in [5.41, 5.74) is 31.9. The monoisotopic (exact) mass is 1290 g/mol. The number of aryl methyl sites for hydroxylation is 5. The number of halogens is 2. The number of para-hydroxylation sites is 3. The van der Waals surface area contributed by atoms with Crippen molar-refractivity contribution >= 4 is 126 Å². The van der Waals surface area contributed by atoms with E-state index in [9.17, 15) is 0 Å². The molecule has 18 nitrogen and oxygen atoms in total. The molecule has 480 valence electrons. The minimum absolute atomic E-state index is 0.721. The van der Waals surface area contributed by atoms with E-state index in [2.05, 4.69) is 192 Å². The molecule has 20 heteroatoms. The molecule has 0 aliphatic carbocycles. The first-order valence-electron chi connectivity index (χ1n) is 32.2. The topological polar surface area (TPSA) is 199 Å². The fraction of sp³-hybridized carbons (Fsp3) is 0.270. The lowest BCUT2D eigenvalue weighted by Crippen LogP contribution is -2.01. The van der Waals surface area contributed by atoms with Crippen LogP contribution in [0.1, 0.15) is 104 Å². The van der Waals surface area contributed by atoms with Crippen LogP contribution in [-0.2, 0) is 40.8 Å². The third-order valence-corrected chi connectivity index (χ3v) is 18.2. The van der Waals surface area contributed by atoms with Crippen LogP contribution in [0.15, 0.2) is 172 Å². The minimum Gasteiger partial charge on any atom is -0.384 e. The number of nitrogens with one attached hydrogen (secondary N) is 9. The second kappa shape index (κ2) is 27.7. The lowest BCUT2D eigenvalue weighted by atomic mass is 9.98. The van der Waals surface area contributed by atoms with Gasteiger partial charge in [-0.15, -0.1) is 0 Å². The number of rotatable bonds is 0. The standard InChI is InChI=1S/C14H16N2.C13H13ClN2.C13H14N2.C12H14N4.C11H11ClN4.C11H12N4/c1-9-3-4-13-11(7-9)12-8-10(2)16-14(12)5-6-15-13;1-8-6-10-11-7-9(14)2-3-12(11)15-5-4-13(10)16-8;1-9-8-11-10-4-2-3-5-12(10)14-7-6-13(11)15-9;1-8-3-4-10-11(5-8)15-12-9(6-13-10)7-14-16(12)2;1-16-11-7(6-14-16)5-13-9-3-2-8(12)4-10(9)15-11;1-15-11-8(7-13-15)6-12-9-4-2-3-5-10(9)14-11/h3-4,7,15H,5-6,8H2,1-2H3;2-3,7,15H,4-6H2,1H3;2-5,14H,6-8H2,1H3;3-5,7,13,15H,6H2,1-2H3;2-4,6,13,15H,5H2,1H3;2-5,7,12,14H,6H2,1H3. The lowest BCUT2D eigenvalue weighted by Gasteiger charge is -2.10. The number of hydrogen-bond acceptors (Lipinski definition) is 15. The predicted octanol–water partition coefficient (Wildman–Crippen LogP) is 17.4. The Labute approximate surface area is 559 Å². The molecule has 18 rings (SSSR count). The third kappa shape index (κ3) is 14.0. The van der Waals surface area contributed by atoms with Gasteiger partial charge in [0.25, 0.3) is 0 Å². The zero-order valence-electron chi connectivity index (χ0n) is 54.5. The third-order valence-electron chi connectivity index (χ3n) is 17.7. The van der Waals surface area contributed by atoms with Gasteiger partial charge in [0.05, 0.1) is 52.7 Å². The Morgan fingerprint density at radius 3 is 1.22 bits per heavy atom. The molecule has 0 saturated carbocycles. The van der Waals surface area contributed by atoms with Crippen LogP contribution >= 0.6 is 23.2 Å². The Bertz CT molecular complexity index is 4380. The number of allylic oxidation sites excluding steroid dienone is 3. The summed E-state index contributed by atoms with van der Waals surface area (Å²) >= 11 is 12.0. The SMILES string of the molecule is CC1=NC2=C(C1)c1cc(C)ccc1NCC2.CC1=NC2=C(C1)c1cc(Cl)ccc1NCC2.CC1=NC2=C(C1)c1ccccc1NCC2.Cc1ccc2c(c1)Nc1c(cnn1C)CN2.Cn1ncc2c1Nc1cc(Cl)ccc1NC2.Cn1ncc2c1Nc1ccccc1NC2. The summed E-state index contributed by atoms with van der Waals surface area (Å²) in [5.74, 6) is 3.14. The van der Waals surface area contributed by atoms with Crippen molar-refractivity contribution in [1.29, 1.82) is 0 Å². The molecule has 0 unspecified atom stereocenters. The largest absolute Gasteiger partial charge is 0.384 e. The van der Waals surface area contributed by atoms with Crippen molar-refractivity contribution in [2.24, 2.45) is 36.1 Å². The van der Waals surface area contributed by atoms with Crippen molar-refractivity contribution in [3.8, 4) is 0 Å². The predicted molar refractivity (Wildman–Crippen MR) is 393 cm³/mol. The molecule has 0 radical (unpaired) electrons. The quantitative estimate of drug-likeness (QED) is 0.0697. The zero-order valence-corrected chi connectivity index (χ0v) is 56.1. The number of anilines is 12. The molecule has 3 aromatic heterocycles. The van der Waals surface area contributed by atoms with E-state index in [1.807, 2.05) is 96.2 Å². The zero-order chi connectivity index (χ0) is 65.0. The number of benzene rings is 6. The Hall–Kier alpha value is -10.0. The molecule has 9 N–H and O–H groups in total. The van der Waals surface area contributed by atoms with Crippen molar-refractivity contribution in [1.82, 2.24) is 29.3 Å². The van der Waals surface area contributed by atoms with Crippen LogP contribution < -0.4 is 47.9 Å². The van der Waals surface area contributed by atoms with Gasteiger partial charge in [-0.05, 0) is 136 Å². The maximum Gasteiger partial charge on any atom is 0.133 e. The van der Waals surface area contributed by atoms with Gasteiger partial charge in [-0.25, -0.2) is 0 Å². The smallest absolute Gasteiger partial charge is 0.133 e. The molecule has 12 heterocycles. The van der Waals surface area contributed by atoms with Gasteiger partial charge in [-0.1, -0.05) is 71.2 Å². The first kappa shape index (κ1) is 62.8. The van der Waals surface area contributed by atoms with E-state index in [0.717, 1.165) is 145 Å². The molecule has 6 aromatic carbocycles. The van der Waals surface area contributed by atoms with Gasteiger partial charge in [0, 0.05) is 194 Å². The summed E-state index contributed by atoms with van der Waals surface area (Å²) in [6.45, 7) is 15.9. The Kier molecular flexibility index (Phi) is 18.5. The van der Waals surface area contributed by atoms with Gasteiger partial charge in [0.15, 0.2) is 0 Å². The van der Waals surface area contributed by atoms with Crippen LogP contribution in [0.25, 0.3) is 16.7 Å². The number of aliphatic imine (C=N–C) groups is 3. The highest BCUT2D eigenvalue weighted by molar-refractivity contribution is 6.31. The van der Waals surface area contributed by atoms with Crippen LogP contribution in [0, 0.1) is 13.8 Å². The minimum atomic E-state index is 0.721. The lowest BCUT2D eigenvalue weighted by molar-refractivity contribution is 0.776. The first-order valence-corrected chi connectivity index (χ1v) is 32.9. The molecule has 0 saturated heterocycles. The van der Waals surface area contributed by atoms with Gasteiger partial charge in [-0.2, -0.15) is 15.3 Å². The summed E-state index contributed by atoms with van der Waals surface area (Å²) in [7, 11) is 5.81. The van der Waals surface area contributed by atoms with E-state index in [1.54, 1.807) is 0 Å². The summed E-state index contributed by atoms with van der Waals surface area (Å²) in [4.78, 5) is 13.9. The average molecular weight is 1290 g/mol. The first-order chi connectivity index (χ1) is 45.6. The van der Waals surface area contributed by atoms with Gasteiger partial charge < -0.3 is 47.9 Å². The Morgan fingerprint density at radius 2 is 0.713 bits per heavy atom. The van der Waals surface area contributed by atoms with E-state index in [4.69, 9.17) is 23.2 Å². The highest BCUT2D eigenvalue weighted by atomic mass is 35.5. The second-order valence-corrected chi connectivity index (χ2v) is 25.7. The van der Waals surface area contributed by atoms with Crippen LogP contribution in [0.4, 0.5) is 68.6 Å². The van der Waals surface area contributed by atoms with Crippen LogP contribution in [-0.4, -0.2) is 66.1 Å². The molecule has 9 aliphatic heterocycles. The molecule has 9 aromatic rings. The number of hydrogen-bond donors (Lipinski definition) is 9. The highest BCUT2D eigenvalue weighted by Gasteiger charge is 2.25. The Morgan fingerprint density at radius 1 is 0.351 bits per heavy atom. The fourth-order valence-corrected chi connectivity index (χ4v) is 13.3. The van der Waals surface area contributed by atoms with E-state index in [0.29, 0.717) is 0 Å². The maximum absolute atomic E-state index is 6.07. The van der Waals surface area contributed by atoms with E-state index in [1.165, 1.54) is 107 Å². The number of aromatic nitrogens is 6. The van der Waals surface area contributed by atoms with E-state index >= 15 is 0 Å². The van der Waals surface area contributed by atoms with Gasteiger partial charge in [0.2, 0.25) is 0 Å². The normalized spacial score (nSPS) is 15.9. The molecular formula is C74H80Cl2N18. The number of nitrogens with zero attached hydrogens (tertiary/aromatic N) is 9. The summed E-state index contributed by atoms with van der Waals surface area (Å²) in [6.07, 6.45) is 11.7. The molecular weight excluding hydrogens is 1210 g/mol. The van der Waals surface area contributed by atoms with Crippen molar-refractivity contribution in [2.45, 2.75) is 92.8 Å². The summed E-state index contributed by atoms with van der Waals surface area (Å²) in [5, 5.41) is 44.9.